The number of hydrogen-bond acceptors (Lipinski definition) is 1. The normalized spacial score (nSPS) is 37.9. The molecule has 0 amide bonds. The fourth-order valence-corrected chi connectivity index (χ4v) is 5.34. The summed E-state index contributed by atoms with van der Waals surface area (Å²) in [6.45, 7) is 0. The molecule has 2 bridgehead atoms. The minimum absolute atomic E-state index is 0.261. The van der Waals surface area contributed by atoms with Crippen LogP contribution < -0.4 is 0 Å². The molecule has 1 aromatic rings. The number of allylic oxidation sites excluding steroid dienone is 2. The van der Waals surface area contributed by atoms with Gasteiger partial charge in [0.2, 0.25) is 5.00 Å². The molecular formula is C13H11Cl2FOS. The van der Waals surface area contributed by atoms with Gasteiger partial charge in [0.25, 0.3) is 0 Å². The molecule has 2 aliphatic carbocycles. The summed E-state index contributed by atoms with van der Waals surface area (Å²) < 4.78 is 26.1. The topological polar surface area (TPSA) is 17.1 Å². The van der Waals surface area contributed by atoms with E-state index in [1.54, 1.807) is 36.4 Å². The van der Waals surface area contributed by atoms with E-state index in [-0.39, 0.29) is 5.92 Å². The lowest BCUT2D eigenvalue weighted by Crippen LogP contribution is -2.49. The smallest absolute Gasteiger partial charge is 0.228 e. The van der Waals surface area contributed by atoms with Gasteiger partial charge in [0.05, 0.1) is 10.8 Å². The third-order valence-electron chi connectivity index (χ3n) is 3.71. The zero-order valence-electron chi connectivity index (χ0n) is 9.35. The van der Waals surface area contributed by atoms with Crippen molar-refractivity contribution in [3.8, 4) is 0 Å². The average molecular weight is 305 g/mol. The Labute approximate surface area is 117 Å². The standard InChI is InChI=1S/C13H11Cl2FOS/c14-12(15)9-6-7-10(8-9)13(12,16)18(17)11-4-2-1-3-5-11/h1-7,9-10H,8H2/t9-,10+,13-,18?/m1/s1. The molecule has 0 heterocycles. The van der Waals surface area contributed by atoms with E-state index in [0.717, 1.165) is 0 Å². The lowest BCUT2D eigenvalue weighted by Gasteiger charge is -2.36. The highest BCUT2D eigenvalue weighted by atomic mass is 35.5. The van der Waals surface area contributed by atoms with Crippen molar-refractivity contribution in [2.45, 2.75) is 20.7 Å². The molecule has 1 unspecified atom stereocenters. The van der Waals surface area contributed by atoms with Gasteiger partial charge in [0, 0.05) is 16.7 Å². The largest absolute Gasteiger partial charge is 0.251 e. The Morgan fingerprint density at radius 3 is 2.33 bits per heavy atom. The Morgan fingerprint density at radius 2 is 1.78 bits per heavy atom. The zero-order valence-corrected chi connectivity index (χ0v) is 11.7. The van der Waals surface area contributed by atoms with Crippen LogP contribution >= 0.6 is 23.2 Å². The molecule has 0 radical (unpaired) electrons. The highest BCUT2D eigenvalue weighted by Gasteiger charge is 2.69. The molecule has 0 aromatic heterocycles. The molecule has 0 aliphatic heterocycles. The number of alkyl halides is 3. The van der Waals surface area contributed by atoms with E-state index < -0.39 is 26.1 Å². The van der Waals surface area contributed by atoms with E-state index in [1.807, 2.05) is 6.08 Å². The molecule has 18 heavy (non-hydrogen) atoms. The van der Waals surface area contributed by atoms with Crippen molar-refractivity contribution in [2.24, 2.45) is 11.8 Å². The van der Waals surface area contributed by atoms with Gasteiger partial charge in [-0.15, -0.1) is 0 Å². The van der Waals surface area contributed by atoms with Gasteiger partial charge in [-0.25, -0.2) is 4.39 Å². The van der Waals surface area contributed by atoms with Gasteiger partial charge in [-0.2, -0.15) is 0 Å². The molecule has 2 aliphatic rings. The number of halogens is 3. The van der Waals surface area contributed by atoms with Crippen LogP contribution in [0.5, 0.6) is 0 Å². The summed E-state index contributed by atoms with van der Waals surface area (Å²) in [5.74, 6) is -0.734. The first-order valence-corrected chi connectivity index (χ1v) is 7.60. The second-order valence-corrected chi connectivity index (χ2v) is 7.67. The van der Waals surface area contributed by atoms with Crippen molar-refractivity contribution < 1.29 is 8.60 Å². The first-order valence-electron chi connectivity index (χ1n) is 5.70. The van der Waals surface area contributed by atoms with Crippen LogP contribution in [-0.4, -0.2) is 13.5 Å². The molecule has 96 valence electrons. The molecule has 1 aromatic carbocycles. The minimum atomic E-state index is -2.11. The third kappa shape index (κ3) is 1.47. The maximum atomic E-state index is 15.2. The molecule has 1 fully saturated rings. The second kappa shape index (κ2) is 4.06. The Kier molecular flexibility index (Phi) is 2.85. The highest BCUT2D eigenvalue weighted by molar-refractivity contribution is 7.86. The van der Waals surface area contributed by atoms with Crippen LogP contribution in [0, 0.1) is 11.8 Å². The Bertz CT molecular complexity index is 531. The van der Waals surface area contributed by atoms with Crippen LogP contribution in [0.3, 0.4) is 0 Å². The molecule has 4 atom stereocenters. The second-order valence-electron chi connectivity index (χ2n) is 4.68. The van der Waals surface area contributed by atoms with E-state index in [2.05, 4.69) is 0 Å². The summed E-state index contributed by atoms with van der Waals surface area (Å²) >= 11 is 12.3. The van der Waals surface area contributed by atoms with Crippen molar-refractivity contribution in [3.05, 3.63) is 42.5 Å². The van der Waals surface area contributed by atoms with Crippen LogP contribution in [0.1, 0.15) is 6.42 Å². The van der Waals surface area contributed by atoms with E-state index >= 15 is 4.39 Å². The van der Waals surface area contributed by atoms with Gasteiger partial charge in [-0.1, -0.05) is 53.6 Å². The predicted octanol–water partition coefficient (Wildman–Crippen LogP) is 3.84. The third-order valence-corrected chi connectivity index (χ3v) is 6.91. The maximum Gasteiger partial charge on any atom is 0.228 e. The monoisotopic (exact) mass is 304 g/mol. The van der Waals surface area contributed by atoms with Gasteiger partial charge in [-0.05, 0) is 18.6 Å². The van der Waals surface area contributed by atoms with Crippen molar-refractivity contribution in [1.82, 2.24) is 0 Å². The fourth-order valence-electron chi connectivity index (χ4n) is 2.72. The van der Waals surface area contributed by atoms with Crippen molar-refractivity contribution >= 4 is 34.0 Å². The van der Waals surface area contributed by atoms with Gasteiger partial charge in [-0.3, -0.25) is 4.21 Å². The van der Waals surface area contributed by atoms with Gasteiger partial charge in [0.15, 0.2) is 4.33 Å². The Balaban J connectivity index is 2.06. The molecule has 0 saturated heterocycles. The van der Waals surface area contributed by atoms with E-state index in [0.29, 0.717) is 11.3 Å². The lowest BCUT2D eigenvalue weighted by atomic mass is 10.0. The number of hydrogen-bond donors (Lipinski definition) is 0. The molecule has 0 spiro atoms. The molecule has 3 rings (SSSR count). The summed E-state index contributed by atoms with van der Waals surface area (Å²) in [5, 5.41) is -2.11. The summed E-state index contributed by atoms with van der Waals surface area (Å²) in [6, 6.07) is 8.52. The summed E-state index contributed by atoms with van der Waals surface area (Å²) in [5.41, 5.74) is 0. The van der Waals surface area contributed by atoms with Crippen LogP contribution in [-0.2, 0) is 10.8 Å². The first kappa shape index (κ1) is 12.6. The van der Waals surface area contributed by atoms with Crippen LogP contribution in [0.25, 0.3) is 0 Å². The van der Waals surface area contributed by atoms with E-state index in [4.69, 9.17) is 23.2 Å². The average Bonchev–Trinajstić information content (AvgIpc) is 2.93. The Hall–Kier alpha value is -0.380. The van der Waals surface area contributed by atoms with Gasteiger partial charge in [0.1, 0.15) is 0 Å². The SMILES string of the molecule is O=S(c1ccccc1)[C@]1(F)[C@H]2C=C[C@H](C2)C1(Cl)Cl. The van der Waals surface area contributed by atoms with Crippen LogP contribution in [0.15, 0.2) is 47.4 Å². The molecular weight excluding hydrogens is 294 g/mol. The maximum absolute atomic E-state index is 15.2. The fraction of sp³-hybridized carbons (Fsp3) is 0.385. The Morgan fingerprint density at radius 1 is 1.17 bits per heavy atom. The molecule has 1 saturated carbocycles. The number of benzene rings is 1. The van der Waals surface area contributed by atoms with Crippen LogP contribution in [0.2, 0.25) is 0 Å². The van der Waals surface area contributed by atoms with Crippen LogP contribution in [0.4, 0.5) is 4.39 Å². The lowest BCUT2D eigenvalue weighted by molar-refractivity contribution is 0.224. The van der Waals surface area contributed by atoms with Crippen molar-refractivity contribution in [1.29, 1.82) is 0 Å². The first-order chi connectivity index (χ1) is 8.48. The van der Waals surface area contributed by atoms with Crippen molar-refractivity contribution in [3.63, 3.8) is 0 Å². The van der Waals surface area contributed by atoms with Gasteiger partial charge < -0.3 is 0 Å². The number of fused-ring (bicyclic) bond motifs is 2. The molecule has 1 nitrogen and oxygen atoms in total. The highest BCUT2D eigenvalue weighted by Crippen LogP contribution is 2.62. The molecule has 5 heteroatoms. The summed E-state index contributed by atoms with van der Waals surface area (Å²) in [7, 11) is -1.88. The summed E-state index contributed by atoms with van der Waals surface area (Å²) in [4.78, 5) is 0.423. The van der Waals surface area contributed by atoms with Gasteiger partial charge >= 0.3 is 0 Å². The van der Waals surface area contributed by atoms with E-state index in [1.165, 1.54) is 0 Å². The zero-order chi connectivity index (χ0) is 13.0. The summed E-state index contributed by atoms with van der Waals surface area (Å²) in [6.07, 6.45) is 4.10. The van der Waals surface area contributed by atoms with E-state index in [9.17, 15) is 4.21 Å². The molecule has 0 N–H and O–H groups in total. The number of rotatable bonds is 2. The minimum Gasteiger partial charge on any atom is -0.251 e. The van der Waals surface area contributed by atoms with Crippen molar-refractivity contribution in [2.75, 3.05) is 0 Å². The quantitative estimate of drug-likeness (QED) is 0.599. The predicted molar refractivity (Wildman–Crippen MR) is 71.9 cm³/mol.